The van der Waals surface area contributed by atoms with E-state index < -0.39 is 0 Å². The fourth-order valence-electron chi connectivity index (χ4n) is 4.10. The van der Waals surface area contributed by atoms with Crippen LogP contribution in [0, 0.1) is 0 Å². The molecular formula is C24H27N5O3. The number of carbonyl (C=O) groups excluding carboxylic acids is 2. The van der Waals surface area contributed by atoms with E-state index >= 15 is 0 Å². The first-order valence-corrected chi connectivity index (χ1v) is 10.8. The Labute approximate surface area is 186 Å². The molecule has 8 heteroatoms. The van der Waals surface area contributed by atoms with Crippen molar-refractivity contribution < 1.29 is 9.59 Å². The third-order valence-electron chi connectivity index (χ3n) is 5.74. The van der Waals surface area contributed by atoms with E-state index in [2.05, 4.69) is 20.6 Å². The molecule has 2 amide bonds. The second kappa shape index (κ2) is 9.74. The molecule has 0 atom stereocenters. The number of piperidine rings is 1. The highest BCUT2D eigenvalue weighted by atomic mass is 16.2. The number of rotatable bonds is 6. The molecule has 166 valence electrons. The van der Waals surface area contributed by atoms with Gasteiger partial charge in [-0.3, -0.25) is 19.3 Å². The number of aryl methyl sites for hydroxylation is 1. The number of carbonyl (C=O) groups is 2. The first kappa shape index (κ1) is 21.7. The molecule has 0 bridgehead atoms. The maximum absolute atomic E-state index is 12.7. The maximum atomic E-state index is 12.7. The fourth-order valence-corrected chi connectivity index (χ4v) is 4.10. The molecule has 0 unspecified atom stereocenters. The molecule has 1 aliphatic rings. The van der Waals surface area contributed by atoms with Gasteiger partial charge in [-0.05, 0) is 31.0 Å². The summed E-state index contributed by atoms with van der Waals surface area (Å²) in [7, 11) is 1.60. The summed E-state index contributed by atoms with van der Waals surface area (Å²) < 4.78 is 1.28. The highest BCUT2D eigenvalue weighted by Gasteiger charge is 2.23. The summed E-state index contributed by atoms with van der Waals surface area (Å²) in [5.41, 5.74) is 1.21. The SMILES string of the molecule is Cn1nc(CC(=O)NC2CCN(CC(=O)Nc3ccccc3)CC2)c2ccccc2c1=O. The van der Waals surface area contributed by atoms with Crippen LogP contribution in [0.5, 0.6) is 0 Å². The highest BCUT2D eigenvalue weighted by molar-refractivity contribution is 5.92. The topological polar surface area (TPSA) is 96.3 Å². The molecule has 1 fully saturated rings. The summed E-state index contributed by atoms with van der Waals surface area (Å²) in [6.07, 6.45) is 1.69. The van der Waals surface area contributed by atoms with Gasteiger partial charge in [0.25, 0.3) is 5.56 Å². The molecule has 1 saturated heterocycles. The summed E-state index contributed by atoms with van der Waals surface area (Å²) in [5, 5.41) is 11.6. The van der Waals surface area contributed by atoms with Crippen molar-refractivity contribution in [1.82, 2.24) is 20.0 Å². The first-order chi connectivity index (χ1) is 15.5. The Kier molecular flexibility index (Phi) is 6.61. The Morgan fingerprint density at radius 1 is 0.969 bits per heavy atom. The zero-order valence-corrected chi connectivity index (χ0v) is 18.1. The third kappa shape index (κ3) is 5.20. The molecule has 2 heterocycles. The number of benzene rings is 2. The maximum Gasteiger partial charge on any atom is 0.274 e. The second-order valence-electron chi connectivity index (χ2n) is 8.13. The molecule has 0 spiro atoms. The molecule has 1 aliphatic heterocycles. The van der Waals surface area contributed by atoms with E-state index in [-0.39, 0.29) is 29.8 Å². The average molecular weight is 434 g/mol. The van der Waals surface area contributed by atoms with Crippen LogP contribution in [-0.2, 0) is 23.1 Å². The molecule has 2 N–H and O–H groups in total. The van der Waals surface area contributed by atoms with Crippen LogP contribution in [0.25, 0.3) is 10.8 Å². The number of nitrogens with zero attached hydrogens (tertiary/aromatic N) is 3. The van der Waals surface area contributed by atoms with Crippen LogP contribution in [0.2, 0.25) is 0 Å². The van der Waals surface area contributed by atoms with Crippen molar-refractivity contribution >= 4 is 28.3 Å². The zero-order chi connectivity index (χ0) is 22.5. The van der Waals surface area contributed by atoms with Crippen molar-refractivity contribution in [3.8, 4) is 0 Å². The molecule has 0 aliphatic carbocycles. The molecule has 3 aromatic rings. The second-order valence-corrected chi connectivity index (χ2v) is 8.13. The van der Waals surface area contributed by atoms with Crippen molar-refractivity contribution in [2.45, 2.75) is 25.3 Å². The van der Waals surface area contributed by atoms with E-state index in [9.17, 15) is 14.4 Å². The van der Waals surface area contributed by atoms with Gasteiger partial charge in [-0.15, -0.1) is 0 Å². The van der Waals surface area contributed by atoms with Gasteiger partial charge in [-0.2, -0.15) is 5.10 Å². The molecule has 4 rings (SSSR count). The lowest BCUT2D eigenvalue weighted by atomic mass is 10.0. The number of fused-ring (bicyclic) bond motifs is 1. The summed E-state index contributed by atoms with van der Waals surface area (Å²) in [6.45, 7) is 1.83. The van der Waals surface area contributed by atoms with Crippen LogP contribution in [-0.4, -0.2) is 52.2 Å². The van der Waals surface area contributed by atoms with Gasteiger partial charge in [0.05, 0.1) is 24.0 Å². The van der Waals surface area contributed by atoms with Gasteiger partial charge in [-0.1, -0.05) is 36.4 Å². The zero-order valence-electron chi connectivity index (χ0n) is 18.1. The van der Waals surface area contributed by atoms with Crippen LogP contribution in [0.1, 0.15) is 18.5 Å². The molecule has 32 heavy (non-hydrogen) atoms. The predicted octanol–water partition coefficient (Wildman–Crippen LogP) is 1.70. The average Bonchev–Trinajstić information content (AvgIpc) is 2.79. The molecule has 2 aromatic carbocycles. The van der Waals surface area contributed by atoms with Gasteiger partial charge in [0, 0.05) is 37.3 Å². The normalized spacial score (nSPS) is 14.9. The van der Waals surface area contributed by atoms with E-state index in [0.717, 1.165) is 31.6 Å². The van der Waals surface area contributed by atoms with E-state index in [1.807, 2.05) is 48.5 Å². The van der Waals surface area contributed by atoms with Crippen LogP contribution >= 0.6 is 0 Å². The van der Waals surface area contributed by atoms with Crippen molar-refractivity contribution in [2.24, 2.45) is 7.05 Å². The summed E-state index contributed by atoms with van der Waals surface area (Å²) >= 11 is 0. The van der Waals surface area contributed by atoms with E-state index in [0.29, 0.717) is 23.0 Å². The lowest BCUT2D eigenvalue weighted by Crippen LogP contribution is -2.47. The Balaban J connectivity index is 1.28. The van der Waals surface area contributed by atoms with E-state index in [1.54, 1.807) is 13.1 Å². The largest absolute Gasteiger partial charge is 0.353 e. The third-order valence-corrected chi connectivity index (χ3v) is 5.74. The minimum absolute atomic E-state index is 0.0358. The first-order valence-electron chi connectivity index (χ1n) is 10.8. The van der Waals surface area contributed by atoms with Gasteiger partial charge in [0.15, 0.2) is 0 Å². The number of aromatic nitrogens is 2. The predicted molar refractivity (Wildman–Crippen MR) is 123 cm³/mol. The number of para-hydroxylation sites is 1. The standard InChI is InChI=1S/C24H27N5O3/c1-28-24(32)20-10-6-5-9-19(20)21(27-28)15-22(30)25-18-11-13-29(14-12-18)16-23(31)26-17-7-3-2-4-8-17/h2-10,18H,11-16H2,1H3,(H,25,30)(H,26,31). The number of nitrogens with one attached hydrogen (secondary N) is 2. The Bertz CT molecular complexity index is 1170. The number of anilines is 1. The Morgan fingerprint density at radius 3 is 2.34 bits per heavy atom. The van der Waals surface area contributed by atoms with Gasteiger partial charge in [0.2, 0.25) is 11.8 Å². The lowest BCUT2D eigenvalue weighted by molar-refractivity contribution is -0.122. The molecule has 1 aromatic heterocycles. The van der Waals surface area contributed by atoms with Gasteiger partial charge in [-0.25, -0.2) is 4.68 Å². The van der Waals surface area contributed by atoms with Crippen molar-refractivity contribution in [1.29, 1.82) is 0 Å². The van der Waals surface area contributed by atoms with Crippen molar-refractivity contribution in [3.05, 3.63) is 70.6 Å². The minimum Gasteiger partial charge on any atom is -0.353 e. The van der Waals surface area contributed by atoms with Gasteiger partial charge in [0.1, 0.15) is 0 Å². The van der Waals surface area contributed by atoms with Crippen molar-refractivity contribution in [3.63, 3.8) is 0 Å². The molecule has 0 saturated carbocycles. The quantitative estimate of drug-likeness (QED) is 0.617. The van der Waals surface area contributed by atoms with Gasteiger partial charge >= 0.3 is 0 Å². The van der Waals surface area contributed by atoms with Gasteiger partial charge < -0.3 is 10.6 Å². The Hall–Kier alpha value is -3.52. The summed E-state index contributed by atoms with van der Waals surface area (Å²) in [4.78, 5) is 39.3. The van der Waals surface area contributed by atoms with Crippen molar-refractivity contribution in [2.75, 3.05) is 25.0 Å². The monoisotopic (exact) mass is 433 g/mol. The summed E-state index contributed by atoms with van der Waals surface area (Å²) in [5.74, 6) is -0.145. The number of likely N-dealkylation sites (tertiary alicyclic amines) is 1. The lowest BCUT2D eigenvalue weighted by Gasteiger charge is -2.31. The van der Waals surface area contributed by atoms with Crippen LogP contribution < -0.4 is 16.2 Å². The fraction of sp³-hybridized carbons (Fsp3) is 0.333. The summed E-state index contributed by atoms with van der Waals surface area (Å²) in [6, 6.07) is 16.7. The number of hydrogen-bond donors (Lipinski definition) is 2. The minimum atomic E-state index is -0.173. The van der Waals surface area contributed by atoms with Crippen LogP contribution in [0.15, 0.2) is 59.4 Å². The number of amides is 2. The molecule has 8 nitrogen and oxygen atoms in total. The Morgan fingerprint density at radius 2 is 1.62 bits per heavy atom. The number of hydrogen-bond acceptors (Lipinski definition) is 5. The van der Waals surface area contributed by atoms with Crippen LogP contribution in [0.3, 0.4) is 0 Å². The smallest absolute Gasteiger partial charge is 0.274 e. The van der Waals surface area contributed by atoms with E-state index in [1.165, 1.54) is 4.68 Å². The molecule has 0 radical (unpaired) electrons. The molecular weight excluding hydrogens is 406 g/mol. The van der Waals surface area contributed by atoms with E-state index in [4.69, 9.17) is 0 Å². The highest BCUT2D eigenvalue weighted by Crippen LogP contribution is 2.15. The van der Waals surface area contributed by atoms with Crippen LogP contribution in [0.4, 0.5) is 5.69 Å².